The topological polar surface area (TPSA) is 145 Å². The number of aromatic nitrogens is 1. The van der Waals surface area contributed by atoms with E-state index in [9.17, 15) is 19.2 Å². The number of carbonyl (C=O) groups is 4. The average Bonchev–Trinajstić information content (AvgIpc) is 3.30. The number of aliphatic hydroxyl groups excluding tert-OH is 1. The molecule has 4 amide bonds. The molecule has 1 fully saturated rings. The van der Waals surface area contributed by atoms with E-state index in [1.54, 1.807) is 45.4 Å². The van der Waals surface area contributed by atoms with Gasteiger partial charge in [-0.2, -0.15) is 0 Å². The third-order valence-corrected chi connectivity index (χ3v) is 7.13. The monoisotopic (exact) mass is 555 g/mol. The SMILES string of the molecule is CN(C)C(=O)c1ccc2oc(C(=O)Nc3ccc(Cl)cn3)c(NC(=O)[C@H]3CC[C@H](N(C)C(=O)CO)CC3)c2c1. The molecule has 206 valence electrons. The number of carbonyl (C=O) groups excluding carboxylic acids is 4. The first-order valence-electron chi connectivity index (χ1n) is 12.5. The molecule has 3 N–H and O–H groups in total. The van der Waals surface area contributed by atoms with Gasteiger partial charge in [0.25, 0.3) is 11.8 Å². The van der Waals surface area contributed by atoms with Crippen molar-refractivity contribution in [3.63, 3.8) is 0 Å². The van der Waals surface area contributed by atoms with Crippen molar-refractivity contribution in [2.75, 3.05) is 38.4 Å². The lowest BCUT2D eigenvalue weighted by Crippen LogP contribution is -2.42. The van der Waals surface area contributed by atoms with Crippen molar-refractivity contribution in [1.29, 1.82) is 0 Å². The molecule has 1 saturated carbocycles. The second-order valence-corrected chi connectivity index (χ2v) is 10.1. The third-order valence-electron chi connectivity index (χ3n) is 6.91. The highest BCUT2D eigenvalue weighted by atomic mass is 35.5. The van der Waals surface area contributed by atoms with Gasteiger partial charge in [0.2, 0.25) is 17.6 Å². The fraction of sp³-hybridized carbons (Fsp3) is 0.370. The van der Waals surface area contributed by atoms with Crippen LogP contribution in [0.3, 0.4) is 0 Å². The van der Waals surface area contributed by atoms with Crippen molar-refractivity contribution >= 4 is 57.7 Å². The minimum absolute atomic E-state index is 0.0590. The first-order valence-corrected chi connectivity index (χ1v) is 12.8. The fourth-order valence-electron chi connectivity index (χ4n) is 4.66. The van der Waals surface area contributed by atoms with Crippen molar-refractivity contribution < 1.29 is 28.7 Å². The number of nitrogens with one attached hydrogen (secondary N) is 2. The molecular formula is C27H30ClN5O6. The predicted octanol–water partition coefficient (Wildman–Crippen LogP) is 3.38. The van der Waals surface area contributed by atoms with Crippen LogP contribution in [-0.4, -0.2) is 77.3 Å². The van der Waals surface area contributed by atoms with Gasteiger partial charge in [-0.05, 0) is 56.0 Å². The Bertz CT molecular complexity index is 1400. The number of nitrogens with zero attached hydrogens (tertiary/aromatic N) is 3. The molecule has 3 aromatic rings. The second kappa shape index (κ2) is 11.8. The van der Waals surface area contributed by atoms with E-state index >= 15 is 0 Å². The standard InChI is InChI=1S/C27H30ClN5O6/c1-32(2)27(38)16-6-10-20-19(12-16)23(24(39-20)26(37)30-21-11-7-17(28)13-29-21)31-25(36)15-4-8-18(9-5-15)33(3)22(35)14-34/h6-7,10-13,15,18,34H,4-5,8-9,14H2,1-3H3,(H,31,36)(H,29,30,37)/t15-,18-. The van der Waals surface area contributed by atoms with Gasteiger partial charge in [-0.25, -0.2) is 4.98 Å². The number of furan rings is 1. The lowest BCUT2D eigenvalue weighted by molar-refractivity contribution is -0.135. The number of amides is 4. The van der Waals surface area contributed by atoms with Crippen LogP contribution in [0, 0.1) is 5.92 Å². The van der Waals surface area contributed by atoms with E-state index in [2.05, 4.69) is 15.6 Å². The maximum atomic E-state index is 13.4. The summed E-state index contributed by atoms with van der Waals surface area (Å²) in [6, 6.07) is 7.81. The number of likely N-dealkylation sites (N-methyl/N-ethyl adjacent to an activating group) is 1. The van der Waals surface area contributed by atoms with Gasteiger partial charge in [-0.15, -0.1) is 0 Å². The summed E-state index contributed by atoms with van der Waals surface area (Å²) in [5, 5.41) is 15.5. The van der Waals surface area contributed by atoms with Gasteiger partial charge in [0.15, 0.2) is 0 Å². The highest BCUT2D eigenvalue weighted by molar-refractivity contribution is 6.30. The Hall–Kier alpha value is -3.96. The third kappa shape index (κ3) is 6.21. The lowest BCUT2D eigenvalue weighted by Gasteiger charge is -2.33. The van der Waals surface area contributed by atoms with Crippen LogP contribution >= 0.6 is 11.6 Å². The Balaban J connectivity index is 1.61. The molecule has 11 nitrogen and oxygen atoms in total. The zero-order valence-electron chi connectivity index (χ0n) is 21.9. The molecule has 1 aliphatic rings. The number of halogens is 1. The van der Waals surface area contributed by atoms with Crippen LogP contribution in [0.2, 0.25) is 5.02 Å². The van der Waals surface area contributed by atoms with E-state index in [0.717, 1.165) is 0 Å². The number of pyridine rings is 1. The fourth-order valence-corrected chi connectivity index (χ4v) is 4.77. The van der Waals surface area contributed by atoms with Crippen LogP contribution in [0.4, 0.5) is 11.5 Å². The molecule has 1 aromatic carbocycles. The maximum absolute atomic E-state index is 13.4. The summed E-state index contributed by atoms with van der Waals surface area (Å²) in [6.45, 7) is -0.556. The van der Waals surface area contributed by atoms with Gasteiger partial charge < -0.3 is 30.0 Å². The molecule has 0 saturated heterocycles. The Labute approximate surface area is 230 Å². The molecule has 2 heterocycles. The Morgan fingerprint density at radius 3 is 2.38 bits per heavy atom. The van der Waals surface area contributed by atoms with Gasteiger partial charge in [-0.1, -0.05) is 11.6 Å². The second-order valence-electron chi connectivity index (χ2n) is 9.69. The molecular weight excluding hydrogens is 526 g/mol. The quantitative estimate of drug-likeness (QED) is 0.405. The van der Waals surface area contributed by atoms with E-state index < -0.39 is 12.5 Å². The molecule has 12 heteroatoms. The molecule has 4 rings (SSSR count). The number of hydrogen-bond donors (Lipinski definition) is 3. The van der Waals surface area contributed by atoms with Crippen LogP contribution in [0.25, 0.3) is 11.0 Å². The average molecular weight is 556 g/mol. The Morgan fingerprint density at radius 2 is 1.77 bits per heavy atom. The summed E-state index contributed by atoms with van der Waals surface area (Å²) < 4.78 is 5.85. The maximum Gasteiger partial charge on any atom is 0.294 e. The zero-order valence-corrected chi connectivity index (χ0v) is 22.6. The molecule has 0 spiro atoms. The van der Waals surface area contributed by atoms with Gasteiger partial charge >= 0.3 is 0 Å². The summed E-state index contributed by atoms with van der Waals surface area (Å²) in [5.41, 5.74) is 0.847. The molecule has 0 radical (unpaired) electrons. The number of aliphatic hydroxyl groups is 1. The summed E-state index contributed by atoms with van der Waals surface area (Å²) in [7, 11) is 4.91. The highest BCUT2D eigenvalue weighted by Crippen LogP contribution is 2.35. The van der Waals surface area contributed by atoms with Crippen molar-refractivity contribution in [3.05, 3.63) is 52.9 Å². The summed E-state index contributed by atoms with van der Waals surface area (Å²) in [5.74, 6) is -1.78. The van der Waals surface area contributed by atoms with E-state index in [1.165, 1.54) is 22.1 Å². The van der Waals surface area contributed by atoms with Gasteiger partial charge in [0.05, 0.1) is 5.02 Å². The first-order chi connectivity index (χ1) is 18.6. The molecule has 0 unspecified atom stereocenters. The van der Waals surface area contributed by atoms with Crippen molar-refractivity contribution in [3.8, 4) is 0 Å². The molecule has 0 aliphatic heterocycles. The largest absolute Gasteiger partial charge is 0.449 e. The van der Waals surface area contributed by atoms with Crippen LogP contribution in [0.5, 0.6) is 0 Å². The normalized spacial score (nSPS) is 16.9. The number of hydrogen-bond acceptors (Lipinski definition) is 7. The van der Waals surface area contributed by atoms with Crippen molar-refractivity contribution in [2.24, 2.45) is 5.92 Å². The molecule has 0 atom stereocenters. The predicted molar refractivity (Wildman–Crippen MR) is 146 cm³/mol. The van der Waals surface area contributed by atoms with E-state index in [1.807, 2.05) is 0 Å². The Morgan fingerprint density at radius 1 is 1.05 bits per heavy atom. The molecule has 0 bridgehead atoms. The van der Waals surface area contributed by atoms with Gasteiger partial charge in [-0.3, -0.25) is 19.2 Å². The number of benzene rings is 1. The number of anilines is 2. The van der Waals surface area contributed by atoms with Crippen LogP contribution in [-0.2, 0) is 9.59 Å². The van der Waals surface area contributed by atoms with Crippen LogP contribution in [0.15, 0.2) is 40.9 Å². The van der Waals surface area contributed by atoms with Crippen LogP contribution in [0.1, 0.15) is 46.6 Å². The zero-order chi connectivity index (χ0) is 28.3. The van der Waals surface area contributed by atoms with E-state index in [0.29, 0.717) is 47.2 Å². The Kier molecular flexibility index (Phi) is 8.51. The smallest absolute Gasteiger partial charge is 0.294 e. The summed E-state index contributed by atoms with van der Waals surface area (Å²) >= 11 is 5.88. The van der Waals surface area contributed by atoms with Crippen molar-refractivity contribution in [1.82, 2.24) is 14.8 Å². The minimum Gasteiger partial charge on any atom is -0.449 e. The summed E-state index contributed by atoms with van der Waals surface area (Å²) in [4.78, 5) is 58.0. The lowest BCUT2D eigenvalue weighted by atomic mass is 9.84. The molecule has 39 heavy (non-hydrogen) atoms. The number of rotatable bonds is 7. The minimum atomic E-state index is -0.635. The van der Waals surface area contributed by atoms with Gasteiger partial charge in [0.1, 0.15) is 23.7 Å². The molecule has 2 aromatic heterocycles. The van der Waals surface area contributed by atoms with Crippen molar-refractivity contribution in [2.45, 2.75) is 31.7 Å². The summed E-state index contributed by atoms with van der Waals surface area (Å²) in [6.07, 6.45) is 3.64. The van der Waals surface area contributed by atoms with E-state index in [4.69, 9.17) is 21.1 Å². The first kappa shape index (κ1) is 28.1. The number of fused-ring (bicyclic) bond motifs is 1. The van der Waals surface area contributed by atoms with Crippen LogP contribution < -0.4 is 10.6 Å². The molecule has 1 aliphatic carbocycles. The highest BCUT2D eigenvalue weighted by Gasteiger charge is 2.32. The van der Waals surface area contributed by atoms with Gasteiger partial charge in [0, 0.05) is 50.2 Å². The van der Waals surface area contributed by atoms with E-state index in [-0.39, 0.29) is 46.9 Å².